The van der Waals surface area contributed by atoms with E-state index in [9.17, 15) is 4.79 Å². The number of nitrogens with one attached hydrogen (secondary N) is 1. The van der Waals surface area contributed by atoms with Crippen LogP contribution in [0.5, 0.6) is 0 Å². The molecule has 0 amide bonds. The SMILES string of the molecule is C=C(C#N)C(OC(C)=O)[C@@H]1CCCN1. The first kappa shape index (κ1) is 10.7. The molecule has 1 aliphatic rings. The van der Waals surface area contributed by atoms with Crippen LogP contribution in [0.2, 0.25) is 0 Å². The Morgan fingerprint density at radius 1 is 1.79 bits per heavy atom. The molecule has 0 bridgehead atoms. The second-order valence-electron chi connectivity index (χ2n) is 3.37. The summed E-state index contributed by atoms with van der Waals surface area (Å²) in [5.41, 5.74) is 0.305. The van der Waals surface area contributed by atoms with Gasteiger partial charge in [0.15, 0.2) is 6.10 Å². The minimum atomic E-state index is -0.500. The molecule has 4 nitrogen and oxygen atoms in total. The number of esters is 1. The Morgan fingerprint density at radius 2 is 2.50 bits per heavy atom. The third-order valence-corrected chi connectivity index (χ3v) is 2.24. The highest BCUT2D eigenvalue weighted by Crippen LogP contribution is 2.17. The van der Waals surface area contributed by atoms with Gasteiger partial charge in [-0.25, -0.2) is 0 Å². The van der Waals surface area contributed by atoms with Gasteiger partial charge in [-0.15, -0.1) is 0 Å². The van der Waals surface area contributed by atoms with Crippen LogP contribution in [0.25, 0.3) is 0 Å². The summed E-state index contributed by atoms with van der Waals surface area (Å²) in [6.07, 6.45) is 1.46. The summed E-state index contributed by atoms with van der Waals surface area (Å²) in [5, 5.41) is 11.9. The summed E-state index contributed by atoms with van der Waals surface area (Å²) in [7, 11) is 0. The van der Waals surface area contributed by atoms with Crippen LogP contribution in [0, 0.1) is 11.3 Å². The largest absolute Gasteiger partial charge is 0.455 e. The lowest BCUT2D eigenvalue weighted by Crippen LogP contribution is -2.38. The van der Waals surface area contributed by atoms with E-state index >= 15 is 0 Å². The summed E-state index contributed by atoms with van der Waals surface area (Å²) in [6.45, 7) is 5.84. The van der Waals surface area contributed by atoms with Gasteiger partial charge in [0.05, 0.1) is 11.6 Å². The molecule has 4 heteroatoms. The van der Waals surface area contributed by atoms with Gasteiger partial charge in [0.1, 0.15) is 0 Å². The maximum Gasteiger partial charge on any atom is 0.303 e. The summed E-state index contributed by atoms with van der Waals surface area (Å²) in [4.78, 5) is 10.8. The van der Waals surface area contributed by atoms with Gasteiger partial charge >= 0.3 is 5.97 Å². The number of rotatable bonds is 3. The van der Waals surface area contributed by atoms with Gasteiger partial charge in [0.25, 0.3) is 0 Å². The van der Waals surface area contributed by atoms with Crippen molar-refractivity contribution >= 4 is 5.97 Å². The zero-order chi connectivity index (χ0) is 10.6. The van der Waals surface area contributed by atoms with Crippen molar-refractivity contribution in [1.29, 1.82) is 5.26 Å². The first-order chi connectivity index (χ1) is 6.65. The molecule has 1 unspecified atom stereocenters. The molecule has 0 aliphatic carbocycles. The maximum atomic E-state index is 10.8. The molecule has 1 saturated heterocycles. The van der Waals surface area contributed by atoms with E-state index in [-0.39, 0.29) is 12.0 Å². The lowest BCUT2D eigenvalue weighted by atomic mass is 10.0. The van der Waals surface area contributed by atoms with Gasteiger partial charge in [-0.05, 0) is 19.4 Å². The molecule has 14 heavy (non-hydrogen) atoms. The minimum absolute atomic E-state index is 0.0473. The van der Waals surface area contributed by atoms with Crippen LogP contribution in [0.15, 0.2) is 12.2 Å². The van der Waals surface area contributed by atoms with E-state index in [0.717, 1.165) is 19.4 Å². The van der Waals surface area contributed by atoms with E-state index in [1.165, 1.54) is 6.92 Å². The normalized spacial score (nSPS) is 22.4. The van der Waals surface area contributed by atoms with Crippen LogP contribution in [0.1, 0.15) is 19.8 Å². The molecule has 2 atom stereocenters. The molecule has 0 saturated carbocycles. The fourth-order valence-corrected chi connectivity index (χ4v) is 1.61. The van der Waals surface area contributed by atoms with Crippen molar-refractivity contribution in [3.8, 4) is 6.07 Å². The summed E-state index contributed by atoms with van der Waals surface area (Å²) in [5.74, 6) is -0.375. The Hall–Kier alpha value is -1.34. The first-order valence-electron chi connectivity index (χ1n) is 4.64. The number of carbonyl (C=O) groups is 1. The van der Waals surface area contributed by atoms with Gasteiger partial charge < -0.3 is 10.1 Å². The minimum Gasteiger partial charge on any atom is -0.455 e. The number of nitriles is 1. The van der Waals surface area contributed by atoms with Crippen LogP contribution in [0.3, 0.4) is 0 Å². The molecule has 1 heterocycles. The Balaban J connectivity index is 2.65. The molecule has 0 aromatic heterocycles. The Kier molecular flexibility index (Phi) is 3.66. The number of hydrogen-bond donors (Lipinski definition) is 1. The van der Waals surface area contributed by atoms with Crippen LogP contribution < -0.4 is 5.32 Å². The van der Waals surface area contributed by atoms with E-state index in [4.69, 9.17) is 10.00 Å². The van der Waals surface area contributed by atoms with E-state index in [1.54, 1.807) is 0 Å². The van der Waals surface area contributed by atoms with Crippen LogP contribution >= 0.6 is 0 Å². The van der Waals surface area contributed by atoms with Crippen molar-refractivity contribution in [2.24, 2.45) is 0 Å². The zero-order valence-electron chi connectivity index (χ0n) is 8.25. The third kappa shape index (κ3) is 2.57. The molecule has 0 spiro atoms. The van der Waals surface area contributed by atoms with E-state index in [2.05, 4.69) is 11.9 Å². The number of nitrogens with zero attached hydrogens (tertiary/aromatic N) is 1. The van der Waals surface area contributed by atoms with Gasteiger partial charge in [-0.3, -0.25) is 4.79 Å². The van der Waals surface area contributed by atoms with Crippen LogP contribution in [0.4, 0.5) is 0 Å². The predicted octanol–water partition coefficient (Wildman–Crippen LogP) is 0.750. The van der Waals surface area contributed by atoms with Crippen molar-refractivity contribution < 1.29 is 9.53 Å². The maximum absolute atomic E-state index is 10.8. The van der Waals surface area contributed by atoms with Crippen molar-refractivity contribution in [2.75, 3.05) is 6.54 Å². The molecule has 1 aliphatic heterocycles. The fourth-order valence-electron chi connectivity index (χ4n) is 1.61. The predicted molar refractivity (Wildman–Crippen MR) is 51.3 cm³/mol. The number of carbonyl (C=O) groups excluding carboxylic acids is 1. The van der Waals surface area contributed by atoms with Gasteiger partial charge in [0, 0.05) is 13.0 Å². The summed E-state index contributed by atoms with van der Waals surface area (Å²) < 4.78 is 5.06. The van der Waals surface area contributed by atoms with Crippen molar-refractivity contribution in [3.05, 3.63) is 12.2 Å². The molecule has 1 rings (SSSR count). The molecule has 0 aromatic rings. The van der Waals surface area contributed by atoms with Crippen LogP contribution in [-0.4, -0.2) is 24.7 Å². The summed E-state index contributed by atoms with van der Waals surface area (Å²) >= 11 is 0. The zero-order valence-corrected chi connectivity index (χ0v) is 8.25. The smallest absolute Gasteiger partial charge is 0.303 e. The molecule has 0 radical (unpaired) electrons. The van der Waals surface area contributed by atoms with Gasteiger partial charge in [0.2, 0.25) is 0 Å². The van der Waals surface area contributed by atoms with E-state index in [1.807, 2.05) is 6.07 Å². The molecule has 1 fully saturated rings. The third-order valence-electron chi connectivity index (χ3n) is 2.24. The molecular weight excluding hydrogens is 180 g/mol. The average Bonchev–Trinajstić information content (AvgIpc) is 2.65. The molecular formula is C10H14N2O2. The monoisotopic (exact) mass is 194 g/mol. The van der Waals surface area contributed by atoms with Gasteiger partial charge in [-0.2, -0.15) is 5.26 Å². The average molecular weight is 194 g/mol. The van der Waals surface area contributed by atoms with E-state index < -0.39 is 6.10 Å². The number of ether oxygens (including phenoxy) is 1. The lowest BCUT2D eigenvalue weighted by Gasteiger charge is -2.21. The molecule has 1 N–H and O–H groups in total. The lowest BCUT2D eigenvalue weighted by molar-refractivity contribution is -0.145. The van der Waals surface area contributed by atoms with Crippen LogP contribution in [-0.2, 0) is 9.53 Å². The first-order valence-corrected chi connectivity index (χ1v) is 4.64. The standard InChI is InChI=1S/C10H14N2O2/c1-7(6-11)10(14-8(2)13)9-4-3-5-12-9/h9-10,12H,1,3-5H2,2H3/t9-,10?/m0/s1. The highest BCUT2D eigenvalue weighted by molar-refractivity contribution is 5.66. The molecule has 0 aromatic carbocycles. The number of hydrogen-bond acceptors (Lipinski definition) is 4. The Bertz CT molecular complexity index is 274. The van der Waals surface area contributed by atoms with Crippen molar-refractivity contribution in [1.82, 2.24) is 5.32 Å². The van der Waals surface area contributed by atoms with Crippen molar-refractivity contribution in [2.45, 2.75) is 31.9 Å². The fraction of sp³-hybridized carbons (Fsp3) is 0.600. The van der Waals surface area contributed by atoms with E-state index in [0.29, 0.717) is 5.57 Å². The highest BCUT2D eigenvalue weighted by atomic mass is 16.5. The highest BCUT2D eigenvalue weighted by Gasteiger charge is 2.29. The topological polar surface area (TPSA) is 62.1 Å². The van der Waals surface area contributed by atoms with Gasteiger partial charge in [-0.1, -0.05) is 6.58 Å². The summed E-state index contributed by atoms with van der Waals surface area (Å²) in [6, 6.07) is 1.98. The Labute approximate surface area is 83.5 Å². The second-order valence-corrected chi connectivity index (χ2v) is 3.37. The quantitative estimate of drug-likeness (QED) is 0.532. The Morgan fingerprint density at radius 3 is 2.93 bits per heavy atom. The second kappa shape index (κ2) is 4.77. The molecule has 76 valence electrons. The van der Waals surface area contributed by atoms with Crippen molar-refractivity contribution in [3.63, 3.8) is 0 Å².